The zero-order valence-electron chi connectivity index (χ0n) is 13.3. The Morgan fingerprint density at radius 3 is 2.45 bits per heavy atom. The molecule has 1 atom stereocenters. The standard InChI is InChI=1S/C18H23NO3/c1-4-18(2,3)14-9-7-13(8-10-14)17(21)19-15(12-20)16-6-5-11-22-16/h5-11,15,20H,4,12H2,1-3H3,(H,19,21). The second kappa shape index (κ2) is 6.79. The van der Waals surface area contributed by atoms with Crippen LogP contribution in [0.2, 0.25) is 0 Å². The van der Waals surface area contributed by atoms with Gasteiger partial charge in [0.25, 0.3) is 5.91 Å². The third-order valence-electron chi connectivity index (χ3n) is 4.19. The van der Waals surface area contributed by atoms with Gasteiger partial charge >= 0.3 is 0 Å². The summed E-state index contributed by atoms with van der Waals surface area (Å²) in [6, 6.07) is 10.5. The number of benzene rings is 1. The molecule has 2 aromatic rings. The molecule has 0 spiro atoms. The van der Waals surface area contributed by atoms with Gasteiger partial charge in [0.15, 0.2) is 0 Å². The van der Waals surface area contributed by atoms with Crippen molar-refractivity contribution in [2.75, 3.05) is 6.61 Å². The second-order valence-electron chi connectivity index (χ2n) is 6.04. The fraction of sp³-hybridized carbons (Fsp3) is 0.389. The summed E-state index contributed by atoms with van der Waals surface area (Å²) in [4.78, 5) is 12.3. The first-order valence-electron chi connectivity index (χ1n) is 7.53. The number of hydrogen-bond acceptors (Lipinski definition) is 3. The van der Waals surface area contributed by atoms with Gasteiger partial charge in [0.1, 0.15) is 11.8 Å². The molecular formula is C18H23NO3. The number of carbonyl (C=O) groups is 1. The molecule has 0 radical (unpaired) electrons. The summed E-state index contributed by atoms with van der Waals surface area (Å²) in [5.41, 5.74) is 1.87. The van der Waals surface area contributed by atoms with E-state index in [1.165, 1.54) is 11.8 Å². The lowest BCUT2D eigenvalue weighted by atomic mass is 9.82. The van der Waals surface area contributed by atoms with Crippen molar-refractivity contribution in [1.29, 1.82) is 0 Å². The number of carbonyl (C=O) groups excluding carboxylic acids is 1. The number of nitrogens with one attached hydrogen (secondary N) is 1. The lowest BCUT2D eigenvalue weighted by Gasteiger charge is -2.23. The Morgan fingerprint density at radius 2 is 1.95 bits per heavy atom. The number of rotatable bonds is 6. The fourth-order valence-electron chi connectivity index (χ4n) is 2.21. The van der Waals surface area contributed by atoms with Crippen LogP contribution >= 0.6 is 0 Å². The van der Waals surface area contributed by atoms with Gasteiger partial charge in [0.2, 0.25) is 0 Å². The van der Waals surface area contributed by atoms with Crippen LogP contribution < -0.4 is 5.32 Å². The Morgan fingerprint density at radius 1 is 1.27 bits per heavy atom. The lowest BCUT2D eigenvalue weighted by molar-refractivity contribution is 0.0907. The van der Waals surface area contributed by atoms with Crippen molar-refractivity contribution < 1.29 is 14.3 Å². The Hall–Kier alpha value is -2.07. The molecule has 22 heavy (non-hydrogen) atoms. The summed E-state index contributed by atoms with van der Waals surface area (Å²) in [5, 5.41) is 12.2. The maximum absolute atomic E-state index is 12.3. The van der Waals surface area contributed by atoms with Gasteiger partial charge in [-0.25, -0.2) is 0 Å². The monoisotopic (exact) mass is 301 g/mol. The molecule has 4 nitrogen and oxygen atoms in total. The average Bonchev–Trinajstić information content (AvgIpc) is 3.06. The van der Waals surface area contributed by atoms with Crippen LogP contribution in [0.15, 0.2) is 47.1 Å². The van der Waals surface area contributed by atoms with Gasteiger partial charge in [-0.15, -0.1) is 0 Å². The molecule has 1 amide bonds. The van der Waals surface area contributed by atoms with E-state index in [2.05, 4.69) is 26.1 Å². The second-order valence-corrected chi connectivity index (χ2v) is 6.04. The molecule has 2 N–H and O–H groups in total. The highest BCUT2D eigenvalue weighted by Gasteiger charge is 2.20. The first-order valence-corrected chi connectivity index (χ1v) is 7.53. The molecule has 118 valence electrons. The van der Waals surface area contributed by atoms with Crippen LogP contribution in [0.4, 0.5) is 0 Å². The normalized spacial score (nSPS) is 12.9. The first-order chi connectivity index (χ1) is 10.5. The molecule has 1 aromatic carbocycles. The predicted molar refractivity (Wildman–Crippen MR) is 85.8 cm³/mol. The number of aliphatic hydroxyl groups excluding tert-OH is 1. The van der Waals surface area contributed by atoms with Crippen molar-refractivity contribution in [3.8, 4) is 0 Å². The Labute approximate surface area is 131 Å². The molecule has 1 heterocycles. The fourth-order valence-corrected chi connectivity index (χ4v) is 2.21. The summed E-state index contributed by atoms with van der Waals surface area (Å²) in [6.45, 7) is 6.30. The summed E-state index contributed by atoms with van der Waals surface area (Å²) >= 11 is 0. The maximum atomic E-state index is 12.3. The minimum atomic E-state index is -0.533. The summed E-state index contributed by atoms with van der Waals surface area (Å²) < 4.78 is 5.23. The van der Waals surface area contributed by atoms with Crippen LogP contribution in [-0.4, -0.2) is 17.6 Å². The van der Waals surface area contributed by atoms with Gasteiger partial charge in [0, 0.05) is 5.56 Å². The topological polar surface area (TPSA) is 62.5 Å². The average molecular weight is 301 g/mol. The highest BCUT2D eigenvalue weighted by atomic mass is 16.3. The highest BCUT2D eigenvalue weighted by Crippen LogP contribution is 2.26. The number of hydrogen-bond donors (Lipinski definition) is 2. The predicted octanol–water partition coefficient (Wildman–Crippen LogP) is 3.43. The molecule has 0 aliphatic heterocycles. The Kier molecular flexibility index (Phi) is 5.03. The van der Waals surface area contributed by atoms with Crippen LogP contribution in [0.5, 0.6) is 0 Å². The third kappa shape index (κ3) is 3.57. The van der Waals surface area contributed by atoms with E-state index in [1.54, 1.807) is 12.1 Å². The maximum Gasteiger partial charge on any atom is 0.251 e. The van der Waals surface area contributed by atoms with E-state index in [9.17, 15) is 9.90 Å². The van der Waals surface area contributed by atoms with E-state index in [-0.39, 0.29) is 17.9 Å². The van der Waals surface area contributed by atoms with Crippen molar-refractivity contribution in [3.05, 3.63) is 59.5 Å². The first kappa shape index (κ1) is 16.3. The van der Waals surface area contributed by atoms with Crippen LogP contribution in [0.1, 0.15) is 54.9 Å². The van der Waals surface area contributed by atoms with Crippen LogP contribution in [0.3, 0.4) is 0 Å². The van der Waals surface area contributed by atoms with Crippen molar-refractivity contribution >= 4 is 5.91 Å². The SMILES string of the molecule is CCC(C)(C)c1ccc(C(=O)NC(CO)c2ccco2)cc1. The molecule has 0 bridgehead atoms. The van der Waals surface area contributed by atoms with Crippen molar-refractivity contribution in [2.45, 2.75) is 38.6 Å². The van der Waals surface area contributed by atoms with Crippen LogP contribution in [-0.2, 0) is 5.41 Å². The molecule has 0 fully saturated rings. The molecule has 1 unspecified atom stereocenters. The lowest BCUT2D eigenvalue weighted by Crippen LogP contribution is -2.30. The van der Waals surface area contributed by atoms with Gasteiger partial charge in [-0.05, 0) is 41.7 Å². The van der Waals surface area contributed by atoms with E-state index in [0.717, 1.165) is 6.42 Å². The Balaban J connectivity index is 2.10. The third-order valence-corrected chi connectivity index (χ3v) is 4.19. The van der Waals surface area contributed by atoms with E-state index in [0.29, 0.717) is 11.3 Å². The summed E-state index contributed by atoms with van der Waals surface area (Å²) in [7, 11) is 0. The van der Waals surface area contributed by atoms with Crippen molar-refractivity contribution in [2.24, 2.45) is 0 Å². The zero-order valence-corrected chi connectivity index (χ0v) is 13.3. The highest BCUT2D eigenvalue weighted by molar-refractivity contribution is 5.94. The Bertz CT molecular complexity index is 600. The summed E-state index contributed by atoms with van der Waals surface area (Å²) in [6.07, 6.45) is 2.55. The summed E-state index contributed by atoms with van der Waals surface area (Å²) in [5.74, 6) is 0.316. The van der Waals surface area contributed by atoms with Gasteiger partial charge < -0.3 is 14.8 Å². The van der Waals surface area contributed by atoms with E-state index < -0.39 is 6.04 Å². The van der Waals surface area contributed by atoms with Gasteiger partial charge in [-0.1, -0.05) is 32.9 Å². The van der Waals surface area contributed by atoms with E-state index in [4.69, 9.17) is 4.42 Å². The number of amides is 1. The molecule has 0 aliphatic rings. The molecule has 1 aromatic heterocycles. The quantitative estimate of drug-likeness (QED) is 0.859. The zero-order chi connectivity index (χ0) is 16.2. The largest absolute Gasteiger partial charge is 0.467 e. The molecule has 2 rings (SSSR count). The van der Waals surface area contributed by atoms with E-state index in [1.807, 2.05) is 24.3 Å². The molecule has 0 saturated heterocycles. The molecule has 4 heteroatoms. The van der Waals surface area contributed by atoms with E-state index >= 15 is 0 Å². The van der Waals surface area contributed by atoms with Crippen molar-refractivity contribution in [3.63, 3.8) is 0 Å². The molecular weight excluding hydrogens is 278 g/mol. The van der Waals surface area contributed by atoms with Crippen LogP contribution in [0, 0.1) is 0 Å². The minimum Gasteiger partial charge on any atom is -0.467 e. The number of furan rings is 1. The molecule has 0 saturated carbocycles. The van der Waals surface area contributed by atoms with Gasteiger partial charge in [-0.3, -0.25) is 4.79 Å². The minimum absolute atomic E-state index is 0.0941. The van der Waals surface area contributed by atoms with Crippen molar-refractivity contribution in [1.82, 2.24) is 5.32 Å². The van der Waals surface area contributed by atoms with Crippen LogP contribution in [0.25, 0.3) is 0 Å². The smallest absolute Gasteiger partial charge is 0.251 e. The molecule has 0 aliphatic carbocycles. The number of aliphatic hydroxyl groups is 1. The van der Waals surface area contributed by atoms with Gasteiger partial charge in [0.05, 0.1) is 12.9 Å². The van der Waals surface area contributed by atoms with Gasteiger partial charge in [-0.2, -0.15) is 0 Å².